The van der Waals surface area contributed by atoms with E-state index in [4.69, 9.17) is 0 Å². The number of nitrogens with one attached hydrogen (secondary N) is 2. The van der Waals surface area contributed by atoms with E-state index in [1.807, 2.05) is 12.1 Å². The van der Waals surface area contributed by atoms with Gasteiger partial charge in [0.05, 0.1) is 0 Å². The molecule has 1 aliphatic carbocycles. The van der Waals surface area contributed by atoms with Crippen LogP contribution in [0.4, 0.5) is 0 Å². The molecule has 3 heterocycles. The average Bonchev–Trinajstić information content (AvgIpc) is 3.51. The van der Waals surface area contributed by atoms with Gasteiger partial charge in [0.2, 0.25) is 11.8 Å². The van der Waals surface area contributed by atoms with E-state index < -0.39 is 6.04 Å². The van der Waals surface area contributed by atoms with E-state index in [0.29, 0.717) is 25.0 Å². The Hall–Kier alpha value is -2.25. The normalized spacial score (nSPS) is 27.3. The molecule has 1 saturated carbocycles. The number of piperidine rings is 2. The van der Waals surface area contributed by atoms with Crippen molar-refractivity contribution in [2.75, 3.05) is 13.1 Å². The number of carbonyl (C=O) groups excluding carboxylic acids is 3. The Bertz CT molecular complexity index is 844. The van der Waals surface area contributed by atoms with Crippen LogP contribution in [0.2, 0.25) is 0 Å². The van der Waals surface area contributed by atoms with Gasteiger partial charge >= 0.3 is 0 Å². The van der Waals surface area contributed by atoms with E-state index in [0.717, 1.165) is 36.3 Å². The smallest absolute Gasteiger partial charge is 0.255 e. The Morgan fingerprint density at radius 1 is 1.07 bits per heavy atom. The van der Waals surface area contributed by atoms with Crippen molar-refractivity contribution in [3.63, 3.8) is 0 Å². The molecule has 0 aromatic heterocycles. The number of hydrogen-bond acceptors (Lipinski definition) is 5. The molecule has 3 fully saturated rings. The number of nitrogens with zero attached hydrogens (tertiary/aromatic N) is 2. The minimum atomic E-state index is -0.553. The largest absolute Gasteiger partial charge is 0.322 e. The van der Waals surface area contributed by atoms with E-state index in [1.165, 1.54) is 25.7 Å². The molecule has 2 unspecified atom stereocenters. The van der Waals surface area contributed by atoms with E-state index in [-0.39, 0.29) is 24.1 Å². The van der Waals surface area contributed by atoms with Crippen LogP contribution >= 0.6 is 0 Å². The van der Waals surface area contributed by atoms with Gasteiger partial charge in [0, 0.05) is 43.7 Å². The molecule has 3 aliphatic heterocycles. The molecule has 3 amide bonds. The van der Waals surface area contributed by atoms with Crippen molar-refractivity contribution in [2.45, 2.75) is 69.7 Å². The van der Waals surface area contributed by atoms with Crippen molar-refractivity contribution in [1.29, 1.82) is 0 Å². The second-order valence-electron chi connectivity index (χ2n) is 8.75. The second kappa shape index (κ2) is 7.54. The van der Waals surface area contributed by atoms with Crippen molar-refractivity contribution < 1.29 is 14.4 Å². The van der Waals surface area contributed by atoms with Crippen LogP contribution in [0.1, 0.15) is 60.0 Å². The van der Waals surface area contributed by atoms with E-state index in [2.05, 4.69) is 21.6 Å². The first-order chi connectivity index (χ1) is 14.1. The van der Waals surface area contributed by atoms with Crippen molar-refractivity contribution in [1.82, 2.24) is 20.4 Å². The summed E-state index contributed by atoms with van der Waals surface area (Å²) in [6.07, 6.45) is 5.57. The number of benzene rings is 1. The third-order valence-corrected chi connectivity index (χ3v) is 6.75. The molecule has 2 N–H and O–H groups in total. The lowest BCUT2D eigenvalue weighted by molar-refractivity contribution is -0.136. The number of rotatable bonds is 5. The van der Waals surface area contributed by atoms with Gasteiger partial charge in [-0.3, -0.25) is 24.6 Å². The fraction of sp³-hybridized carbons (Fsp3) is 0.591. The Labute approximate surface area is 170 Å². The molecule has 4 aliphatic rings. The molecule has 2 saturated heterocycles. The van der Waals surface area contributed by atoms with Crippen LogP contribution in [0.15, 0.2) is 18.2 Å². The third-order valence-electron chi connectivity index (χ3n) is 6.75. The maximum atomic E-state index is 13.3. The van der Waals surface area contributed by atoms with Gasteiger partial charge in [-0.25, -0.2) is 0 Å². The Balaban J connectivity index is 1.38. The molecule has 0 radical (unpaired) electrons. The molecule has 154 valence electrons. The quantitative estimate of drug-likeness (QED) is 0.730. The van der Waals surface area contributed by atoms with Gasteiger partial charge in [0.15, 0.2) is 0 Å². The number of hydrogen-bond donors (Lipinski definition) is 2. The van der Waals surface area contributed by atoms with Gasteiger partial charge in [-0.2, -0.15) is 0 Å². The first-order valence-corrected chi connectivity index (χ1v) is 10.8. The number of carbonyl (C=O) groups is 3. The fourth-order valence-corrected chi connectivity index (χ4v) is 5.10. The monoisotopic (exact) mass is 396 g/mol. The number of amides is 3. The molecule has 0 spiro atoms. The minimum absolute atomic E-state index is 0.0670. The first kappa shape index (κ1) is 18.8. The Kier molecular flexibility index (Phi) is 4.87. The molecule has 29 heavy (non-hydrogen) atoms. The van der Waals surface area contributed by atoms with E-state index >= 15 is 0 Å². The van der Waals surface area contributed by atoms with Crippen LogP contribution in [-0.2, 0) is 22.7 Å². The molecular formula is C22H28N4O3. The zero-order chi connectivity index (χ0) is 20.0. The summed E-state index contributed by atoms with van der Waals surface area (Å²) in [6, 6.07) is 6.68. The number of imide groups is 1. The summed E-state index contributed by atoms with van der Waals surface area (Å²) < 4.78 is 0. The summed E-state index contributed by atoms with van der Waals surface area (Å²) in [6.45, 7) is 3.34. The van der Waals surface area contributed by atoms with Gasteiger partial charge < -0.3 is 10.2 Å². The summed E-state index contributed by atoms with van der Waals surface area (Å²) in [4.78, 5) is 41.4. The zero-order valence-electron chi connectivity index (χ0n) is 16.7. The first-order valence-electron chi connectivity index (χ1n) is 10.8. The molecule has 1 aromatic rings. The highest BCUT2D eigenvalue weighted by Crippen LogP contribution is 2.35. The lowest BCUT2D eigenvalue weighted by atomic mass is 10.00. The van der Waals surface area contributed by atoms with Gasteiger partial charge in [-0.1, -0.05) is 18.2 Å². The highest BCUT2D eigenvalue weighted by atomic mass is 16.2. The molecule has 1 aromatic carbocycles. The van der Waals surface area contributed by atoms with Crippen LogP contribution in [0, 0.1) is 0 Å². The topological polar surface area (TPSA) is 81.8 Å². The van der Waals surface area contributed by atoms with Crippen LogP contribution in [-0.4, -0.2) is 58.7 Å². The van der Waals surface area contributed by atoms with Crippen LogP contribution < -0.4 is 10.6 Å². The van der Waals surface area contributed by atoms with E-state index in [1.54, 1.807) is 4.90 Å². The minimum Gasteiger partial charge on any atom is -0.322 e. The molecule has 0 bridgehead atoms. The molecular weight excluding hydrogens is 368 g/mol. The van der Waals surface area contributed by atoms with Crippen molar-refractivity contribution in [3.8, 4) is 0 Å². The molecule has 7 nitrogen and oxygen atoms in total. The lowest BCUT2D eigenvalue weighted by Crippen LogP contribution is -2.52. The predicted molar refractivity (Wildman–Crippen MR) is 107 cm³/mol. The summed E-state index contributed by atoms with van der Waals surface area (Å²) in [5.41, 5.74) is 2.83. The van der Waals surface area contributed by atoms with Gasteiger partial charge in [-0.15, -0.1) is 0 Å². The average molecular weight is 396 g/mol. The van der Waals surface area contributed by atoms with Crippen LogP contribution in [0.5, 0.6) is 0 Å². The highest BCUT2D eigenvalue weighted by Gasteiger charge is 2.41. The Morgan fingerprint density at radius 2 is 1.93 bits per heavy atom. The van der Waals surface area contributed by atoms with E-state index in [9.17, 15) is 14.4 Å². The SMILES string of the molecule is O=C1CCC(N2Cc3cccc(CN(C4CC4)C4CCCNC4)c3C2=O)C(=O)N1. The molecule has 5 rings (SSSR count). The summed E-state index contributed by atoms with van der Waals surface area (Å²) >= 11 is 0. The molecule has 7 heteroatoms. The van der Waals surface area contributed by atoms with Crippen LogP contribution in [0.25, 0.3) is 0 Å². The summed E-state index contributed by atoms with van der Waals surface area (Å²) in [5.74, 6) is -0.670. The van der Waals surface area contributed by atoms with Gasteiger partial charge in [0.1, 0.15) is 6.04 Å². The Morgan fingerprint density at radius 3 is 2.66 bits per heavy atom. The number of fused-ring (bicyclic) bond motifs is 1. The van der Waals surface area contributed by atoms with Gasteiger partial charge in [0.25, 0.3) is 5.91 Å². The van der Waals surface area contributed by atoms with Crippen LogP contribution in [0.3, 0.4) is 0 Å². The maximum absolute atomic E-state index is 13.3. The zero-order valence-corrected chi connectivity index (χ0v) is 16.7. The highest BCUT2D eigenvalue weighted by molar-refractivity contribution is 6.05. The summed E-state index contributed by atoms with van der Waals surface area (Å²) in [7, 11) is 0. The third kappa shape index (κ3) is 3.57. The van der Waals surface area contributed by atoms with Crippen molar-refractivity contribution in [2.24, 2.45) is 0 Å². The van der Waals surface area contributed by atoms with Gasteiger partial charge in [-0.05, 0) is 49.8 Å². The standard InChI is InChI=1S/C22H28N4O3/c27-19-9-8-18(21(28)24-19)26-13-15-4-1-3-14(20(15)22(26)29)12-25(16-6-7-16)17-5-2-10-23-11-17/h1,3-4,16-18,23H,2,5-13H2,(H,24,27,28). The molecule has 2 atom stereocenters. The van der Waals surface area contributed by atoms with Crippen molar-refractivity contribution in [3.05, 3.63) is 34.9 Å². The summed E-state index contributed by atoms with van der Waals surface area (Å²) in [5, 5.41) is 5.89. The fourth-order valence-electron chi connectivity index (χ4n) is 5.10. The maximum Gasteiger partial charge on any atom is 0.255 e. The second-order valence-corrected chi connectivity index (χ2v) is 8.75. The lowest BCUT2D eigenvalue weighted by Gasteiger charge is -2.35. The predicted octanol–water partition coefficient (Wildman–Crippen LogP) is 1.16. The van der Waals surface area contributed by atoms with Crippen molar-refractivity contribution >= 4 is 17.7 Å².